The van der Waals surface area contributed by atoms with E-state index in [4.69, 9.17) is 5.11 Å². The molecule has 0 bridgehead atoms. The van der Waals surface area contributed by atoms with Crippen LogP contribution in [0, 0.1) is 10.1 Å². The molecule has 0 aliphatic heterocycles. The molecule has 0 aromatic heterocycles. The van der Waals surface area contributed by atoms with Crippen LogP contribution in [0.1, 0.15) is 0 Å². The summed E-state index contributed by atoms with van der Waals surface area (Å²) in [5.41, 5.74) is -0.238. The zero-order chi connectivity index (χ0) is 9.14. The summed E-state index contributed by atoms with van der Waals surface area (Å²) < 4.78 is 4.65. The molecule has 5 nitrogen and oxygen atoms in total. The molecule has 0 amide bonds. The van der Waals surface area contributed by atoms with Crippen molar-refractivity contribution in [2.75, 3.05) is 7.11 Å². The molecule has 1 radical (unpaired) electrons. The van der Waals surface area contributed by atoms with Crippen molar-refractivity contribution in [2.24, 2.45) is 0 Å². The third kappa shape index (κ3) is 2.58. The molecule has 0 fully saturated rings. The first-order valence-corrected chi connectivity index (χ1v) is 3.17. The average molecular weight is 192 g/mol. The van der Waals surface area contributed by atoms with Crippen molar-refractivity contribution in [1.82, 2.24) is 0 Å². The Balaban J connectivity index is 0.00000144. The Bertz CT molecular complexity index is 315. The number of hydrogen-bond acceptors (Lipinski definition) is 4. The van der Waals surface area contributed by atoms with Crippen molar-refractivity contribution >= 4 is 35.2 Å². The number of para-hydroxylation sites is 1. The van der Waals surface area contributed by atoms with E-state index >= 15 is 0 Å². The van der Waals surface area contributed by atoms with Gasteiger partial charge in [0.25, 0.3) is 0 Å². The van der Waals surface area contributed by atoms with Gasteiger partial charge in [0, 0.05) is 35.6 Å². The fraction of sp³-hybridized carbons (Fsp3) is 0.143. The number of phenolic OH excluding ortho intramolecular Hbond substituents is 1. The molecule has 1 N–H and O–H groups in total. The summed E-state index contributed by atoms with van der Waals surface area (Å²) in [6.45, 7) is 0. The van der Waals surface area contributed by atoms with Crippen LogP contribution in [-0.4, -0.2) is 46.7 Å². The molecule has 6 heteroatoms. The van der Waals surface area contributed by atoms with Crippen molar-refractivity contribution in [3.8, 4) is 11.5 Å². The van der Waals surface area contributed by atoms with Crippen LogP contribution in [0.4, 0.5) is 5.69 Å². The summed E-state index contributed by atoms with van der Waals surface area (Å²) >= 11 is 0. The molecular formula is C7H7NNaO4. The first kappa shape index (κ1) is 12.2. The maximum Gasteiger partial charge on any atom is 0.314 e. The predicted octanol–water partition coefficient (Wildman–Crippen LogP) is 0.928. The van der Waals surface area contributed by atoms with E-state index in [0.717, 1.165) is 0 Å². The molecule has 0 saturated carbocycles. The first-order valence-electron chi connectivity index (χ1n) is 3.17. The second-order valence-electron chi connectivity index (χ2n) is 2.09. The van der Waals surface area contributed by atoms with Crippen LogP contribution in [0.5, 0.6) is 11.5 Å². The molecule has 0 saturated heterocycles. The van der Waals surface area contributed by atoms with Gasteiger partial charge < -0.3 is 9.84 Å². The van der Waals surface area contributed by atoms with Gasteiger partial charge in [0.1, 0.15) is 0 Å². The molecule has 0 spiro atoms. The molecule has 0 aliphatic rings. The number of hydrogen-bond donors (Lipinski definition) is 1. The van der Waals surface area contributed by atoms with E-state index in [9.17, 15) is 10.1 Å². The monoisotopic (exact) mass is 192 g/mol. The van der Waals surface area contributed by atoms with E-state index in [0.29, 0.717) is 0 Å². The Hall–Kier alpha value is -0.780. The van der Waals surface area contributed by atoms with E-state index in [1.54, 1.807) is 0 Å². The van der Waals surface area contributed by atoms with Crippen LogP contribution < -0.4 is 4.74 Å². The summed E-state index contributed by atoms with van der Waals surface area (Å²) in [6, 6.07) is 3.97. The fourth-order valence-corrected chi connectivity index (χ4v) is 0.866. The molecule has 13 heavy (non-hydrogen) atoms. The number of nitrogens with zero attached hydrogens (tertiary/aromatic N) is 1. The van der Waals surface area contributed by atoms with Gasteiger partial charge in [-0.2, -0.15) is 0 Å². The Morgan fingerprint density at radius 1 is 1.54 bits per heavy atom. The van der Waals surface area contributed by atoms with E-state index in [1.165, 1.54) is 25.3 Å². The quantitative estimate of drug-likeness (QED) is 0.429. The Kier molecular flexibility index (Phi) is 4.76. The zero-order valence-corrected chi connectivity index (χ0v) is 9.35. The van der Waals surface area contributed by atoms with Crippen molar-refractivity contribution < 1.29 is 14.8 Å². The summed E-state index contributed by atoms with van der Waals surface area (Å²) in [5.74, 6) is -0.339. The van der Waals surface area contributed by atoms with E-state index in [-0.39, 0.29) is 46.7 Å². The molecule has 0 atom stereocenters. The van der Waals surface area contributed by atoms with Crippen molar-refractivity contribution in [1.29, 1.82) is 0 Å². The fourth-order valence-electron chi connectivity index (χ4n) is 0.866. The van der Waals surface area contributed by atoms with E-state index in [1.807, 2.05) is 0 Å². The Morgan fingerprint density at radius 3 is 2.54 bits per heavy atom. The second-order valence-corrected chi connectivity index (χ2v) is 2.09. The van der Waals surface area contributed by atoms with Gasteiger partial charge in [0.15, 0.2) is 5.75 Å². The van der Waals surface area contributed by atoms with Gasteiger partial charge in [0.2, 0.25) is 5.75 Å². The zero-order valence-electron chi connectivity index (χ0n) is 7.35. The third-order valence-corrected chi connectivity index (χ3v) is 1.37. The number of aromatic hydroxyl groups is 1. The normalized spacial score (nSPS) is 8.69. The average Bonchev–Trinajstić information content (AvgIpc) is 2.03. The standard InChI is InChI=1S/C7H7NO4.Na/c1-12-7-5(8(10)11)3-2-4-6(7)9;/h2-4,9H,1H3;. The van der Waals surface area contributed by atoms with Gasteiger partial charge in [-0.05, 0) is 6.07 Å². The third-order valence-electron chi connectivity index (χ3n) is 1.37. The first-order chi connectivity index (χ1) is 5.66. The molecule has 65 valence electrons. The van der Waals surface area contributed by atoms with Gasteiger partial charge in [-0.3, -0.25) is 10.1 Å². The number of nitro benzene ring substituents is 1. The van der Waals surface area contributed by atoms with Crippen LogP contribution >= 0.6 is 0 Å². The molecule has 1 aromatic carbocycles. The van der Waals surface area contributed by atoms with Crippen LogP contribution in [0.3, 0.4) is 0 Å². The van der Waals surface area contributed by atoms with Gasteiger partial charge in [-0.15, -0.1) is 0 Å². The van der Waals surface area contributed by atoms with E-state index < -0.39 is 4.92 Å². The SMILES string of the molecule is COc1c(O)cccc1[N+](=O)[O-].[Na]. The molecule has 1 aromatic rings. The predicted molar refractivity (Wildman–Crippen MR) is 47.1 cm³/mol. The topological polar surface area (TPSA) is 72.6 Å². The van der Waals surface area contributed by atoms with Crippen molar-refractivity contribution in [3.63, 3.8) is 0 Å². The number of methoxy groups -OCH3 is 1. The smallest absolute Gasteiger partial charge is 0.314 e. The minimum Gasteiger partial charge on any atom is -0.504 e. The largest absolute Gasteiger partial charge is 0.504 e. The minimum atomic E-state index is -0.613. The number of rotatable bonds is 2. The number of ether oxygens (including phenoxy) is 1. The van der Waals surface area contributed by atoms with Crippen LogP contribution in [0.25, 0.3) is 0 Å². The van der Waals surface area contributed by atoms with Gasteiger partial charge >= 0.3 is 5.69 Å². The van der Waals surface area contributed by atoms with Gasteiger partial charge in [0.05, 0.1) is 12.0 Å². The molecule has 0 heterocycles. The van der Waals surface area contributed by atoms with Crippen molar-refractivity contribution in [3.05, 3.63) is 28.3 Å². The molecule has 0 unspecified atom stereocenters. The van der Waals surface area contributed by atoms with Crippen molar-refractivity contribution in [2.45, 2.75) is 0 Å². The summed E-state index contributed by atoms with van der Waals surface area (Å²) in [6.07, 6.45) is 0. The molecule has 0 aliphatic carbocycles. The maximum absolute atomic E-state index is 10.3. The Labute approximate surface area is 96.8 Å². The van der Waals surface area contributed by atoms with E-state index in [2.05, 4.69) is 4.74 Å². The number of benzene rings is 1. The molecule has 1 rings (SSSR count). The second kappa shape index (κ2) is 5.06. The molecular weight excluding hydrogens is 185 g/mol. The summed E-state index contributed by atoms with van der Waals surface area (Å²) in [7, 11) is 1.27. The van der Waals surface area contributed by atoms with Gasteiger partial charge in [-0.1, -0.05) is 6.07 Å². The minimum absolute atomic E-state index is 0. The summed E-state index contributed by atoms with van der Waals surface area (Å²) in [4.78, 5) is 9.73. The summed E-state index contributed by atoms with van der Waals surface area (Å²) in [5, 5.41) is 19.5. The van der Waals surface area contributed by atoms with Gasteiger partial charge in [-0.25, -0.2) is 0 Å². The Morgan fingerprint density at radius 2 is 2.15 bits per heavy atom. The number of phenols is 1. The maximum atomic E-state index is 10.3. The van der Waals surface area contributed by atoms with Crippen LogP contribution in [0.2, 0.25) is 0 Å². The van der Waals surface area contributed by atoms with Crippen LogP contribution in [0.15, 0.2) is 18.2 Å². The number of nitro groups is 1. The van der Waals surface area contributed by atoms with Crippen LogP contribution in [-0.2, 0) is 0 Å².